The van der Waals surface area contributed by atoms with E-state index in [-0.39, 0.29) is 31.2 Å². The Hall–Kier alpha value is -3.22. The first-order chi connectivity index (χ1) is 12.7. The maximum Gasteiger partial charge on any atom is 0.251 e. The van der Waals surface area contributed by atoms with Crippen molar-refractivity contribution < 1.29 is 23.8 Å². The molecule has 1 atom stereocenters. The summed E-state index contributed by atoms with van der Waals surface area (Å²) in [6.45, 7) is 0.591. The molecule has 2 heterocycles. The number of carbonyl (C=O) groups excluding carboxylic acids is 2. The average molecular weight is 354 g/mol. The highest BCUT2D eigenvalue weighted by atomic mass is 16.7. The van der Waals surface area contributed by atoms with Gasteiger partial charge in [-0.3, -0.25) is 9.59 Å². The lowest BCUT2D eigenvalue weighted by Crippen LogP contribution is -2.39. The zero-order valence-corrected chi connectivity index (χ0v) is 14.0. The molecule has 7 nitrogen and oxygen atoms in total. The van der Waals surface area contributed by atoms with Crippen molar-refractivity contribution >= 4 is 11.8 Å². The summed E-state index contributed by atoms with van der Waals surface area (Å²) >= 11 is 0. The summed E-state index contributed by atoms with van der Waals surface area (Å²) in [7, 11) is 0. The van der Waals surface area contributed by atoms with Crippen LogP contribution >= 0.6 is 0 Å². The number of amides is 2. The highest BCUT2D eigenvalue weighted by molar-refractivity contribution is 5.97. The Labute approximate surface area is 150 Å². The first-order valence-electron chi connectivity index (χ1n) is 8.39. The van der Waals surface area contributed by atoms with Crippen LogP contribution in [0.15, 0.2) is 42.5 Å². The van der Waals surface area contributed by atoms with Crippen LogP contribution in [0.4, 0.5) is 0 Å². The summed E-state index contributed by atoms with van der Waals surface area (Å²) in [5.74, 6) is 1.33. The lowest BCUT2D eigenvalue weighted by Gasteiger charge is -2.26. The van der Waals surface area contributed by atoms with Crippen LogP contribution in [0.2, 0.25) is 0 Å². The van der Waals surface area contributed by atoms with Gasteiger partial charge in [-0.2, -0.15) is 0 Å². The number of ether oxygens (including phenoxy) is 3. The summed E-state index contributed by atoms with van der Waals surface area (Å²) < 4.78 is 16.1. The molecule has 2 amide bonds. The fourth-order valence-electron chi connectivity index (χ4n) is 3.04. The van der Waals surface area contributed by atoms with E-state index in [1.165, 1.54) is 0 Å². The van der Waals surface area contributed by atoms with Crippen molar-refractivity contribution in [2.45, 2.75) is 12.5 Å². The Balaban J connectivity index is 1.34. The second-order valence-electron chi connectivity index (χ2n) is 6.05. The predicted molar refractivity (Wildman–Crippen MR) is 92.3 cm³/mol. The van der Waals surface area contributed by atoms with Gasteiger partial charge in [-0.05, 0) is 24.3 Å². The number of hydrogen-bond donors (Lipinski definition) is 2. The van der Waals surface area contributed by atoms with Crippen LogP contribution in [0.3, 0.4) is 0 Å². The number of carbonyl (C=O) groups is 2. The number of nitrogens with one attached hydrogen (secondary N) is 2. The van der Waals surface area contributed by atoms with Crippen molar-refractivity contribution in [3.05, 3.63) is 53.6 Å². The standard InChI is InChI=1S/C19H18N2O5/c22-18(21-14-7-8-24-15-4-2-1-3-13(14)15)10-20-19(23)12-5-6-16-17(9-12)26-11-25-16/h1-6,9,14H,7-8,10-11H2,(H,20,23)(H,21,22)/t14-/m1/s1. The minimum atomic E-state index is -0.342. The quantitative estimate of drug-likeness (QED) is 0.874. The van der Waals surface area contributed by atoms with Crippen LogP contribution < -0.4 is 24.8 Å². The van der Waals surface area contributed by atoms with Gasteiger partial charge in [-0.15, -0.1) is 0 Å². The van der Waals surface area contributed by atoms with Gasteiger partial charge < -0.3 is 24.8 Å². The van der Waals surface area contributed by atoms with Crippen molar-refractivity contribution in [3.8, 4) is 17.2 Å². The molecule has 2 aliphatic rings. The van der Waals surface area contributed by atoms with Gasteiger partial charge in [0, 0.05) is 17.5 Å². The molecule has 0 fully saturated rings. The van der Waals surface area contributed by atoms with Crippen molar-refractivity contribution in [2.24, 2.45) is 0 Å². The SMILES string of the molecule is O=C(CNC(=O)c1ccc2c(c1)OCO2)N[C@@H]1CCOc2ccccc21. The van der Waals surface area contributed by atoms with E-state index >= 15 is 0 Å². The van der Waals surface area contributed by atoms with Crippen molar-refractivity contribution in [2.75, 3.05) is 19.9 Å². The van der Waals surface area contributed by atoms with Crippen LogP contribution in [0.25, 0.3) is 0 Å². The fourth-order valence-corrected chi connectivity index (χ4v) is 3.04. The molecule has 4 rings (SSSR count). The molecule has 0 unspecified atom stereocenters. The molecule has 0 radical (unpaired) electrons. The minimum Gasteiger partial charge on any atom is -0.493 e. The van der Waals surface area contributed by atoms with Crippen LogP contribution in [0.1, 0.15) is 28.4 Å². The molecule has 0 saturated carbocycles. The largest absolute Gasteiger partial charge is 0.493 e. The van der Waals surface area contributed by atoms with Gasteiger partial charge in [0.2, 0.25) is 12.7 Å². The van der Waals surface area contributed by atoms with Gasteiger partial charge in [0.15, 0.2) is 11.5 Å². The molecule has 0 aliphatic carbocycles. The van der Waals surface area contributed by atoms with E-state index in [9.17, 15) is 9.59 Å². The molecular formula is C19H18N2O5. The molecule has 2 aliphatic heterocycles. The molecule has 2 aromatic carbocycles. The lowest BCUT2D eigenvalue weighted by atomic mass is 10.0. The van der Waals surface area contributed by atoms with Gasteiger partial charge in [-0.25, -0.2) is 0 Å². The Kier molecular flexibility index (Phi) is 4.35. The Bertz CT molecular complexity index is 852. The summed E-state index contributed by atoms with van der Waals surface area (Å²) in [6.07, 6.45) is 0.693. The topological polar surface area (TPSA) is 85.9 Å². The molecule has 0 bridgehead atoms. The first kappa shape index (κ1) is 16.3. The number of benzene rings is 2. The van der Waals surface area contributed by atoms with Crippen molar-refractivity contribution in [1.82, 2.24) is 10.6 Å². The third-order valence-corrected chi connectivity index (χ3v) is 4.34. The monoisotopic (exact) mass is 354 g/mol. The third kappa shape index (κ3) is 3.28. The third-order valence-electron chi connectivity index (χ3n) is 4.34. The van der Waals surface area contributed by atoms with Crippen LogP contribution in [0.5, 0.6) is 17.2 Å². The van der Waals surface area contributed by atoms with Crippen LogP contribution in [0, 0.1) is 0 Å². The molecule has 0 saturated heterocycles. The smallest absolute Gasteiger partial charge is 0.251 e. The van der Waals surface area contributed by atoms with E-state index < -0.39 is 0 Å². The van der Waals surface area contributed by atoms with Crippen molar-refractivity contribution in [3.63, 3.8) is 0 Å². The molecule has 7 heteroatoms. The second kappa shape index (κ2) is 6.95. The molecule has 2 aromatic rings. The second-order valence-corrected chi connectivity index (χ2v) is 6.05. The normalized spacial score (nSPS) is 17.0. The summed E-state index contributed by atoms with van der Waals surface area (Å²) in [4.78, 5) is 24.5. The molecule has 26 heavy (non-hydrogen) atoms. The zero-order chi connectivity index (χ0) is 17.9. The number of hydrogen-bond acceptors (Lipinski definition) is 5. The van der Waals surface area contributed by atoms with E-state index in [4.69, 9.17) is 14.2 Å². The molecule has 0 aromatic heterocycles. The van der Waals surface area contributed by atoms with Crippen molar-refractivity contribution in [1.29, 1.82) is 0 Å². The molecule has 2 N–H and O–H groups in total. The van der Waals surface area contributed by atoms with Gasteiger partial charge in [0.05, 0.1) is 19.2 Å². The molecule has 134 valence electrons. The predicted octanol–water partition coefficient (Wildman–Crippen LogP) is 1.79. The Morgan fingerprint density at radius 3 is 2.77 bits per heavy atom. The highest BCUT2D eigenvalue weighted by Gasteiger charge is 2.23. The maximum absolute atomic E-state index is 12.2. The van der Waals surface area contributed by atoms with Gasteiger partial charge in [0.1, 0.15) is 5.75 Å². The highest BCUT2D eigenvalue weighted by Crippen LogP contribution is 2.33. The first-order valence-corrected chi connectivity index (χ1v) is 8.39. The zero-order valence-electron chi connectivity index (χ0n) is 14.0. The van der Waals surface area contributed by atoms with Crippen LogP contribution in [-0.4, -0.2) is 31.8 Å². The summed E-state index contributed by atoms with van der Waals surface area (Å²) in [5, 5.41) is 5.57. The van der Waals surface area contributed by atoms with E-state index in [0.717, 1.165) is 11.3 Å². The number of rotatable bonds is 4. The van der Waals surface area contributed by atoms with E-state index in [2.05, 4.69) is 10.6 Å². The lowest BCUT2D eigenvalue weighted by molar-refractivity contribution is -0.121. The van der Waals surface area contributed by atoms with E-state index in [0.29, 0.717) is 30.1 Å². The number of fused-ring (bicyclic) bond motifs is 2. The van der Waals surface area contributed by atoms with Gasteiger partial charge in [0.25, 0.3) is 5.91 Å². The minimum absolute atomic E-state index is 0.104. The van der Waals surface area contributed by atoms with Gasteiger partial charge >= 0.3 is 0 Å². The Morgan fingerprint density at radius 1 is 1.00 bits per heavy atom. The van der Waals surface area contributed by atoms with E-state index in [1.807, 2.05) is 24.3 Å². The molecular weight excluding hydrogens is 336 g/mol. The summed E-state index contributed by atoms with van der Waals surface area (Å²) in [5.41, 5.74) is 1.37. The number of para-hydroxylation sites is 1. The molecule has 0 spiro atoms. The Morgan fingerprint density at radius 2 is 1.85 bits per heavy atom. The van der Waals surface area contributed by atoms with Crippen LogP contribution in [-0.2, 0) is 4.79 Å². The van der Waals surface area contributed by atoms with E-state index in [1.54, 1.807) is 18.2 Å². The maximum atomic E-state index is 12.2. The van der Waals surface area contributed by atoms with Gasteiger partial charge in [-0.1, -0.05) is 18.2 Å². The fraction of sp³-hybridized carbons (Fsp3) is 0.263. The summed E-state index contributed by atoms with van der Waals surface area (Å²) in [6, 6.07) is 12.4. The average Bonchev–Trinajstić information content (AvgIpc) is 3.14.